The Hall–Kier alpha value is -2.19. The van der Waals surface area contributed by atoms with E-state index < -0.39 is 11.2 Å². The standard InChI is InChI=1S/C23H32FN3O4/c1-3-31-22(30)26-10-6-16(7-11-26)13-25-9-8-18(14-25)27-20-5-4-17(24)12-19(20)23(2,15-28)21(27)29/h4-5,12,16,18,28H,3,6-11,13-15H2,1-2H3/t18-,23?/m1/s1. The molecule has 3 aliphatic rings. The van der Waals surface area contributed by atoms with E-state index in [4.69, 9.17) is 4.74 Å². The first-order chi connectivity index (χ1) is 14.9. The van der Waals surface area contributed by atoms with Crippen LogP contribution in [0.4, 0.5) is 14.9 Å². The number of carbonyl (C=O) groups is 2. The van der Waals surface area contributed by atoms with Crippen LogP contribution in [0, 0.1) is 11.7 Å². The van der Waals surface area contributed by atoms with Crippen molar-refractivity contribution >= 4 is 17.7 Å². The van der Waals surface area contributed by atoms with Crippen molar-refractivity contribution in [2.24, 2.45) is 5.92 Å². The van der Waals surface area contributed by atoms with Gasteiger partial charge in [-0.05, 0) is 62.8 Å². The number of nitrogens with zero attached hydrogens (tertiary/aromatic N) is 3. The number of hydrogen-bond donors (Lipinski definition) is 1. The van der Waals surface area contributed by atoms with Crippen molar-refractivity contribution in [3.63, 3.8) is 0 Å². The number of likely N-dealkylation sites (tertiary alicyclic amines) is 2. The van der Waals surface area contributed by atoms with E-state index in [9.17, 15) is 19.1 Å². The molecule has 0 spiro atoms. The first-order valence-corrected chi connectivity index (χ1v) is 11.3. The SMILES string of the molecule is CCOC(=O)N1CCC(CN2CC[C@@H](N3C(=O)C(C)(CO)c4cc(F)ccc43)C2)CC1. The summed E-state index contributed by atoms with van der Waals surface area (Å²) < 4.78 is 19.0. The third-order valence-electron chi connectivity index (χ3n) is 7.09. The van der Waals surface area contributed by atoms with E-state index in [1.54, 1.807) is 22.8 Å². The number of carbonyl (C=O) groups excluding carboxylic acids is 2. The second-order valence-electron chi connectivity index (χ2n) is 9.16. The molecule has 0 saturated carbocycles. The number of amides is 2. The Kier molecular flexibility index (Phi) is 6.21. The van der Waals surface area contributed by atoms with Crippen molar-refractivity contribution in [1.82, 2.24) is 9.80 Å². The molecule has 1 aromatic rings. The van der Waals surface area contributed by atoms with Crippen molar-refractivity contribution in [3.8, 4) is 0 Å². The minimum Gasteiger partial charge on any atom is -0.450 e. The molecule has 3 heterocycles. The second kappa shape index (κ2) is 8.74. The highest BCUT2D eigenvalue weighted by atomic mass is 19.1. The quantitative estimate of drug-likeness (QED) is 0.772. The highest BCUT2D eigenvalue weighted by molar-refractivity contribution is 6.08. The molecule has 7 nitrogen and oxygen atoms in total. The molecule has 170 valence electrons. The van der Waals surface area contributed by atoms with E-state index in [0.717, 1.165) is 57.7 Å². The molecule has 4 rings (SSSR count). The number of ether oxygens (including phenoxy) is 1. The average Bonchev–Trinajstić information content (AvgIpc) is 3.30. The fourth-order valence-corrected chi connectivity index (χ4v) is 5.23. The maximum absolute atomic E-state index is 13.9. The molecule has 1 aromatic carbocycles. The third-order valence-corrected chi connectivity index (χ3v) is 7.09. The summed E-state index contributed by atoms with van der Waals surface area (Å²) in [6.45, 7) is 7.62. The van der Waals surface area contributed by atoms with Gasteiger partial charge < -0.3 is 24.5 Å². The summed E-state index contributed by atoms with van der Waals surface area (Å²) in [7, 11) is 0. The number of rotatable bonds is 5. The van der Waals surface area contributed by atoms with Crippen LogP contribution >= 0.6 is 0 Å². The Bertz CT molecular complexity index is 842. The number of benzene rings is 1. The van der Waals surface area contributed by atoms with Gasteiger partial charge in [0.15, 0.2) is 0 Å². The third kappa shape index (κ3) is 4.03. The Morgan fingerprint density at radius 3 is 2.68 bits per heavy atom. The highest BCUT2D eigenvalue weighted by Gasteiger charge is 2.50. The zero-order valence-electron chi connectivity index (χ0n) is 18.3. The zero-order valence-corrected chi connectivity index (χ0v) is 18.3. The summed E-state index contributed by atoms with van der Waals surface area (Å²) >= 11 is 0. The molecule has 2 fully saturated rings. The van der Waals surface area contributed by atoms with Gasteiger partial charge in [-0.2, -0.15) is 0 Å². The van der Waals surface area contributed by atoms with Crippen LogP contribution in [-0.4, -0.2) is 78.9 Å². The zero-order chi connectivity index (χ0) is 22.2. The maximum Gasteiger partial charge on any atom is 0.409 e. The first-order valence-electron chi connectivity index (χ1n) is 11.3. The lowest BCUT2D eigenvalue weighted by Crippen LogP contribution is -2.47. The highest BCUT2D eigenvalue weighted by Crippen LogP contribution is 2.44. The first kappa shape index (κ1) is 22.0. The molecular formula is C23H32FN3O4. The molecule has 8 heteroatoms. The fraction of sp³-hybridized carbons (Fsp3) is 0.652. The predicted octanol–water partition coefficient (Wildman–Crippen LogP) is 2.37. The van der Waals surface area contributed by atoms with Crippen molar-refractivity contribution in [2.45, 2.75) is 44.6 Å². The number of fused-ring (bicyclic) bond motifs is 1. The van der Waals surface area contributed by atoms with Gasteiger partial charge in [-0.25, -0.2) is 9.18 Å². The molecule has 0 radical (unpaired) electrons. The van der Waals surface area contributed by atoms with Crippen LogP contribution in [0.25, 0.3) is 0 Å². The van der Waals surface area contributed by atoms with Gasteiger partial charge in [0.2, 0.25) is 5.91 Å². The van der Waals surface area contributed by atoms with E-state index in [1.807, 2.05) is 6.92 Å². The van der Waals surface area contributed by atoms with Crippen LogP contribution in [0.3, 0.4) is 0 Å². The minimum atomic E-state index is -1.09. The number of anilines is 1. The van der Waals surface area contributed by atoms with Gasteiger partial charge >= 0.3 is 6.09 Å². The topological polar surface area (TPSA) is 73.3 Å². The summed E-state index contributed by atoms with van der Waals surface area (Å²) in [5, 5.41) is 9.94. The average molecular weight is 434 g/mol. The normalized spacial score (nSPS) is 27.1. The van der Waals surface area contributed by atoms with Crippen LogP contribution in [0.5, 0.6) is 0 Å². The minimum absolute atomic E-state index is 0.0182. The van der Waals surface area contributed by atoms with E-state index in [0.29, 0.717) is 18.1 Å². The monoisotopic (exact) mass is 433 g/mol. The van der Waals surface area contributed by atoms with E-state index in [-0.39, 0.29) is 24.6 Å². The smallest absolute Gasteiger partial charge is 0.409 e. The summed E-state index contributed by atoms with van der Waals surface area (Å²) in [5.74, 6) is -0.0247. The van der Waals surface area contributed by atoms with Crippen LogP contribution in [0.2, 0.25) is 0 Å². The van der Waals surface area contributed by atoms with Gasteiger partial charge in [-0.1, -0.05) is 0 Å². The Balaban J connectivity index is 1.38. The maximum atomic E-state index is 13.9. The van der Waals surface area contributed by atoms with E-state index >= 15 is 0 Å². The van der Waals surface area contributed by atoms with Crippen LogP contribution < -0.4 is 4.90 Å². The Morgan fingerprint density at radius 2 is 2.00 bits per heavy atom. The summed E-state index contributed by atoms with van der Waals surface area (Å²) in [5.41, 5.74) is 0.201. The van der Waals surface area contributed by atoms with Gasteiger partial charge in [0.05, 0.1) is 24.7 Å². The number of aliphatic hydroxyl groups excluding tert-OH is 1. The summed E-state index contributed by atoms with van der Waals surface area (Å²) in [6.07, 6.45) is 2.53. The molecule has 2 saturated heterocycles. The lowest BCUT2D eigenvalue weighted by molar-refractivity contribution is -0.124. The van der Waals surface area contributed by atoms with Crippen LogP contribution in [-0.2, 0) is 14.9 Å². The molecule has 0 aromatic heterocycles. The second-order valence-corrected chi connectivity index (χ2v) is 9.16. The predicted molar refractivity (Wildman–Crippen MR) is 114 cm³/mol. The summed E-state index contributed by atoms with van der Waals surface area (Å²) in [4.78, 5) is 31.1. The van der Waals surface area contributed by atoms with Gasteiger partial charge in [0, 0.05) is 38.4 Å². The molecule has 2 atom stereocenters. The van der Waals surface area contributed by atoms with Crippen molar-refractivity contribution < 1.29 is 23.8 Å². The Labute approximate surface area is 182 Å². The molecular weight excluding hydrogens is 401 g/mol. The Morgan fingerprint density at radius 1 is 1.26 bits per heavy atom. The summed E-state index contributed by atoms with van der Waals surface area (Å²) in [6, 6.07) is 4.45. The lowest BCUT2D eigenvalue weighted by atomic mass is 9.85. The van der Waals surface area contributed by atoms with Gasteiger partial charge in [0.25, 0.3) is 0 Å². The fourth-order valence-electron chi connectivity index (χ4n) is 5.23. The molecule has 2 amide bonds. The largest absolute Gasteiger partial charge is 0.450 e. The van der Waals surface area contributed by atoms with E-state index in [1.165, 1.54) is 12.1 Å². The van der Waals surface area contributed by atoms with Gasteiger partial charge in [0.1, 0.15) is 5.82 Å². The van der Waals surface area contributed by atoms with Gasteiger partial charge in [-0.15, -0.1) is 0 Å². The van der Waals surface area contributed by atoms with Crippen molar-refractivity contribution in [1.29, 1.82) is 0 Å². The van der Waals surface area contributed by atoms with Crippen LogP contribution in [0.15, 0.2) is 18.2 Å². The number of piperidine rings is 1. The number of hydrogen-bond acceptors (Lipinski definition) is 5. The molecule has 3 aliphatic heterocycles. The molecule has 1 N–H and O–H groups in total. The van der Waals surface area contributed by atoms with E-state index in [2.05, 4.69) is 4.90 Å². The van der Waals surface area contributed by atoms with Crippen LogP contribution in [0.1, 0.15) is 38.7 Å². The lowest BCUT2D eigenvalue weighted by Gasteiger charge is -2.33. The number of aliphatic hydroxyl groups is 1. The molecule has 31 heavy (non-hydrogen) atoms. The molecule has 0 aliphatic carbocycles. The molecule has 1 unspecified atom stereocenters. The van der Waals surface area contributed by atoms with Crippen molar-refractivity contribution in [2.75, 3.05) is 50.8 Å². The van der Waals surface area contributed by atoms with Crippen molar-refractivity contribution in [3.05, 3.63) is 29.6 Å². The number of halogens is 1. The van der Waals surface area contributed by atoms with Gasteiger partial charge in [-0.3, -0.25) is 4.79 Å². The molecule has 0 bridgehead atoms.